The molecule has 0 aliphatic heterocycles. The van der Waals surface area contributed by atoms with Crippen molar-refractivity contribution in [2.24, 2.45) is 0 Å². The van der Waals surface area contributed by atoms with E-state index < -0.39 is 5.91 Å². The third-order valence-corrected chi connectivity index (χ3v) is 4.09. The summed E-state index contributed by atoms with van der Waals surface area (Å²) >= 11 is 6.04. The first-order chi connectivity index (χ1) is 12.0. The van der Waals surface area contributed by atoms with E-state index in [1.54, 1.807) is 12.1 Å². The fourth-order valence-corrected chi connectivity index (χ4v) is 2.46. The molecule has 0 aliphatic rings. The quantitative estimate of drug-likeness (QED) is 0.466. The summed E-state index contributed by atoms with van der Waals surface area (Å²) in [4.78, 5) is 12.2. The Kier molecular flexibility index (Phi) is 6.62. The van der Waals surface area contributed by atoms with Crippen LogP contribution in [0.5, 0.6) is 0 Å². The van der Waals surface area contributed by atoms with Gasteiger partial charge in [-0.25, -0.2) is 0 Å². The molecule has 0 radical (unpaired) electrons. The zero-order valence-electron chi connectivity index (χ0n) is 14.3. The van der Waals surface area contributed by atoms with Crippen LogP contribution in [-0.4, -0.2) is 12.5 Å². The number of aryl methyl sites for hydroxylation is 2. The van der Waals surface area contributed by atoms with Gasteiger partial charge in [0.15, 0.2) is 0 Å². The number of anilines is 1. The third kappa shape index (κ3) is 5.66. The van der Waals surface area contributed by atoms with Crippen LogP contribution in [0.1, 0.15) is 16.7 Å². The van der Waals surface area contributed by atoms with Crippen LogP contribution >= 0.6 is 11.6 Å². The van der Waals surface area contributed by atoms with Gasteiger partial charge in [-0.3, -0.25) is 4.79 Å². The third-order valence-electron chi connectivity index (χ3n) is 3.68. The molecule has 0 saturated heterocycles. The van der Waals surface area contributed by atoms with E-state index >= 15 is 0 Å². The highest BCUT2D eigenvalue weighted by Gasteiger charge is 2.09. The molecule has 0 spiro atoms. The molecule has 1 amide bonds. The second-order valence-corrected chi connectivity index (χ2v) is 6.19. The van der Waals surface area contributed by atoms with E-state index in [1.807, 2.05) is 38.1 Å². The average Bonchev–Trinajstić information content (AvgIpc) is 2.58. The second kappa shape index (κ2) is 8.91. The van der Waals surface area contributed by atoms with Crippen molar-refractivity contribution in [3.63, 3.8) is 0 Å². The molecule has 4 nitrogen and oxygen atoms in total. The topological polar surface area (TPSA) is 64.9 Å². The van der Waals surface area contributed by atoms with Crippen LogP contribution in [0, 0.1) is 25.2 Å². The summed E-state index contributed by atoms with van der Waals surface area (Å²) in [6, 6.07) is 15.4. The molecule has 0 heterocycles. The van der Waals surface area contributed by atoms with Gasteiger partial charge in [0.25, 0.3) is 5.91 Å². The van der Waals surface area contributed by atoms with Gasteiger partial charge in [-0.2, -0.15) is 5.26 Å². The number of benzene rings is 2. The van der Waals surface area contributed by atoms with E-state index in [2.05, 4.69) is 22.8 Å². The van der Waals surface area contributed by atoms with Gasteiger partial charge >= 0.3 is 0 Å². The first kappa shape index (κ1) is 18.6. The van der Waals surface area contributed by atoms with E-state index in [4.69, 9.17) is 11.6 Å². The molecule has 0 unspecified atom stereocenters. The Morgan fingerprint density at radius 3 is 2.72 bits per heavy atom. The van der Waals surface area contributed by atoms with Crippen molar-refractivity contribution in [3.8, 4) is 6.07 Å². The highest BCUT2D eigenvalue weighted by molar-refractivity contribution is 6.31. The molecule has 0 saturated carbocycles. The van der Waals surface area contributed by atoms with Crippen molar-refractivity contribution >= 4 is 23.2 Å². The highest BCUT2D eigenvalue weighted by atomic mass is 35.5. The predicted molar refractivity (Wildman–Crippen MR) is 101 cm³/mol. The normalized spacial score (nSPS) is 10.9. The number of nitriles is 1. The lowest BCUT2D eigenvalue weighted by atomic mass is 10.1. The van der Waals surface area contributed by atoms with Gasteiger partial charge in [0, 0.05) is 23.5 Å². The van der Waals surface area contributed by atoms with Crippen LogP contribution in [0.15, 0.2) is 54.2 Å². The first-order valence-corrected chi connectivity index (χ1v) is 8.34. The van der Waals surface area contributed by atoms with Crippen molar-refractivity contribution in [3.05, 3.63) is 76.0 Å². The van der Waals surface area contributed by atoms with E-state index in [1.165, 1.54) is 17.3 Å². The zero-order chi connectivity index (χ0) is 18.2. The number of hydrogen-bond donors (Lipinski definition) is 2. The van der Waals surface area contributed by atoms with Gasteiger partial charge in [-0.15, -0.1) is 0 Å². The number of carbonyl (C=O) groups is 1. The fourth-order valence-electron chi connectivity index (χ4n) is 2.28. The predicted octanol–water partition coefficient (Wildman–Crippen LogP) is 4.14. The molecule has 2 aromatic carbocycles. The van der Waals surface area contributed by atoms with Crippen molar-refractivity contribution in [2.75, 3.05) is 11.9 Å². The molecule has 0 aromatic heterocycles. The summed E-state index contributed by atoms with van der Waals surface area (Å²) < 4.78 is 0. The minimum atomic E-state index is -0.467. The lowest BCUT2D eigenvalue weighted by Crippen LogP contribution is -2.18. The van der Waals surface area contributed by atoms with Gasteiger partial charge in [0.05, 0.1) is 0 Å². The number of hydrogen-bond acceptors (Lipinski definition) is 3. The van der Waals surface area contributed by atoms with Crippen LogP contribution in [0.25, 0.3) is 0 Å². The van der Waals surface area contributed by atoms with Crippen molar-refractivity contribution in [2.45, 2.75) is 20.3 Å². The summed E-state index contributed by atoms with van der Waals surface area (Å²) in [6.07, 6.45) is 2.26. The maximum absolute atomic E-state index is 12.2. The Labute approximate surface area is 153 Å². The van der Waals surface area contributed by atoms with E-state index in [0.29, 0.717) is 17.3 Å². The Hall–Kier alpha value is -2.77. The highest BCUT2D eigenvalue weighted by Crippen LogP contribution is 2.20. The standard InChI is InChI=1S/C20H20ClN3O/c1-14-4-3-5-16(10-14)8-9-23-13-17(12-22)20(25)24-18-7-6-15(2)19(21)11-18/h3-7,10-11,13,23H,8-9H2,1-2H3,(H,24,25)/b17-13-. The number of carbonyl (C=O) groups excluding carboxylic acids is 1. The SMILES string of the molecule is Cc1cccc(CCN/C=C(/C#N)C(=O)Nc2ccc(C)c(Cl)c2)c1. The molecule has 2 N–H and O–H groups in total. The van der Waals surface area contributed by atoms with Gasteiger partial charge in [0.2, 0.25) is 0 Å². The molecule has 25 heavy (non-hydrogen) atoms. The molecule has 5 heteroatoms. The molecular formula is C20H20ClN3O. The zero-order valence-corrected chi connectivity index (χ0v) is 15.0. The molecule has 0 bridgehead atoms. The van der Waals surface area contributed by atoms with Gasteiger partial charge in [-0.1, -0.05) is 47.5 Å². The summed E-state index contributed by atoms with van der Waals surface area (Å²) in [7, 11) is 0. The van der Waals surface area contributed by atoms with Crippen LogP contribution in [0.2, 0.25) is 5.02 Å². The molecule has 128 valence electrons. The minimum absolute atomic E-state index is 0.0148. The van der Waals surface area contributed by atoms with Crippen molar-refractivity contribution in [1.29, 1.82) is 5.26 Å². The Morgan fingerprint density at radius 2 is 2.04 bits per heavy atom. The number of nitrogens with one attached hydrogen (secondary N) is 2. The maximum Gasteiger partial charge on any atom is 0.267 e. The monoisotopic (exact) mass is 353 g/mol. The Bertz CT molecular complexity index is 837. The first-order valence-electron chi connectivity index (χ1n) is 7.96. The number of rotatable bonds is 6. The van der Waals surface area contributed by atoms with E-state index in [0.717, 1.165) is 12.0 Å². The summed E-state index contributed by atoms with van der Waals surface area (Å²) in [6.45, 7) is 4.57. The molecule has 0 aliphatic carbocycles. The molecule has 2 aromatic rings. The smallest absolute Gasteiger partial charge is 0.267 e. The molecular weight excluding hydrogens is 334 g/mol. The lowest BCUT2D eigenvalue weighted by molar-refractivity contribution is -0.112. The molecule has 2 rings (SSSR count). The Balaban J connectivity index is 1.91. The van der Waals surface area contributed by atoms with Crippen molar-refractivity contribution in [1.82, 2.24) is 5.32 Å². The molecule has 0 atom stereocenters. The van der Waals surface area contributed by atoms with Gasteiger partial charge < -0.3 is 10.6 Å². The van der Waals surface area contributed by atoms with Crippen molar-refractivity contribution < 1.29 is 4.79 Å². The number of nitrogens with zero attached hydrogens (tertiary/aromatic N) is 1. The largest absolute Gasteiger partial charge is 0.389 e. The van der Waals surface area contributed by atoms with Crippen LogP contribution in [0.3, 0.4) is 0 Å². The number of amides is 1. The van der Waals surface area contributed by atoms with Crippen LogP contribution in [0.4, 0.5) is 5.69 Å². The summed E-state index contributed by atoms with van der Waals surface area (Å²) in [5.41, 5.74) is 3.91. The van der Waals surface area contributed by atoms with Gasteiger partial charge in [0.1, 0.15) is 11.6 Å². The average molecular weight is 354 g/mol. The second-order valence-electron chi connectivity index (χ2n) is 5.78. The van der Waals surface area contributed by atoms with E-state index in [9.17, 15) is 10.1 Å². The number of halogens is 1. The lowest BCUT2D eigenvalue weighted by Gasteiger charge is -2.07. The van der Waals surface area contributed by atoms with Crippen LogP contribution in [-0.2, 0) is 11.2 Å². The Morgan fingerprint density at radius 1 is 1.24 bits per heavy atom. The van der Waals surface area contributed by atoms with E-state index in [-0.39, 0.29) is 5.57 Å². The fraction of sp³-hybridized carbons (Fsp3) is 0.200. The van der Waals surface area contributed by atoms with Crippen LogP contribution < -0.4 is 10.6 Å². The van der Waals surface area contributed by atoms with Gasteiger partial charge in [-0.05, 0) is 43.5 Å². The summed E-state index contributed by atoms with van der Waals surface area (Å²) in [5, 5.41) is 15.4. The maximum atomic E-state index is 12.2. The minimum Gasteiger partial charge on any atom is -0.389 e. The summed E-state index contributed by atoms with van der Waals surface area (Å²) in [5.74, 6) is -0.467. The molecule has 0 fully saturated rings.